The minimum Gasteiger partial charge on any atom is -0.497 e. The summed E-state index contributed by atoms with van der Waals surface area (Å²) in [5, 5.41) is 4.21. The van der Waals surface area contributed by atoms with Crippen molar-refractivity contribution in [1.29, 1.82) is 0 Å². The summed E-state index contributed by atoms with van der Waals surface area (Å²) in [6.45, 7) is 7.44. The van der Waals surface area contributed by atoms with Crippen molar-refractivity contribution >= 4 is 23.7 Å². The lowest BCUT2D eigenvalue weighted by atomic mass is 9.95. The van der Waals surface area contributed by atoms with Gasteiger partial charge in [0.1, 0.15) is 41.6 Å². The van der Waals surface area contributed by atoms with Crippen molar-refractivity contribution in [3.8, 4) is 5.75 Å². The number of carbonyl (C=O) groups is 2. The van der Waals surface area contributed by atoms with Gasteiger partial charge in [-0.2, -0.15) is 0 Å². The zero-order valence-electron chi connectivity index (χ0n) is 36.3. The van der Waals surface area contributed by atoms with E-state index in [4.69, 9.17) is 47.4 Å². The van der Waals surface area contributed by atoms with Crippen LogP contribution in [0.2, 0.25) is 0 Å². The first kappa shape index (κ1) is 48.8. The second-order valence-electron chi connectivity index (χ2n) is 14.9. The zero-order valence-corrected chi connectivity index (χ0v) is 37.1. The van der Waals surface area contributed by atoms with Crippen LogP contribution in [-0.4, -0.2) is 113 Å². The van der Waals surface area contributed by atoms with E-state index in [9.17, 15) is 15.1 Å². The van der Waals surface area contributed by atoms with Crippen LogP contribution in [0.4, 0.5) is 0 Å². The summed E-state index contributed by atoms with van der Waals surface area (Å²) in [6.07, 6.45) is -3.99. The van der Waals surface area contributed by atoms with Crippen LogP contribution in [0, 0.1) is 0 Å². The van der Waals surface area contributed by atoms with Gasteiger partial charge in [0.25, 0.3) is 0 Å². The third-order valence-electron chi connectivity index (χ3n) is 10.4. The van der Waals surface area contributed by atoms with Gasteiger partial charge in [-0.05, 0) is 66.8 Å². The molecule has 0 saturated carbocycles. The molecule has 2 fully saturated rings. The highest BCUT2D eigenvalue weighted by atomic mass is 32.2. The molecular formula is C46H61N3O12S. The second-order valence-corrected chi connectivity index (χ2v) is 16.1. The molecule has 16 heteroatoms. The van der Waals surface area contributed by atoms with Gasteiger partial charge in [-0.15, -0.1) is 0 Å². The Labute approximate surface area is 368 Å². The molecule has 2 aliphatic rings. The number of esters is 2. The van der Waals surface area contributed by atoms with Crippen molar-refractivity contribution in [3.05, 3.63) is 106 Å². The number of carbonyl (C=O) groups excluding carboxylic acids is 2. The number of ether oxygens (including phenoxy) is 10. The van der Waals surface area contributed by atoms with Crippen molar-refractivity contribution in [3.63, 3.8) is 0 Å². The second kappa shape index (κ2) is 26.4. The molecule has 3 aromatic rings. The van der Waals surface area contributed by atoms with Gasteiger partial charge < -0.3 is 47.4 Å². The summed E-state index contributed by atoms with van der Waals surface area (Å²) >= 11 is 1.27. The maximum absolute atomic E-state index is 13.9. The molecule has 0 bridgehead atoms. The minimum atomic E-state index is -1.41. The molecule has 5 rings (SSSR count). The first-order valence-corrected chi connectivity index (χ1v) is 22.3. The SMILES string of the molecule is CCCCOCC1O[C@H](O[C@@H]2C(C(=O)OC)O[C@H](Sc3ccccc3)C(OC(=O)c3ccccc3)C2OCCCC)C(N=[N+]=[N-])C(OCCCC)[C@@H]1OCc1ccc(OC)cc1. The van der Waals surface area contributed by atoms with Crippen LogP contribution in [0.15, 0.2) is 94.9 Å². The number of nitrogens with zero attached hydrogens (tertiary/aromatic N) is 3. The molecule has 3 aromatic carbocycles. The van der Waals surface area contributed by atoms with Crippen LogP contribution < -0.4 is 4.74 Å². The smallest absolute Gasteiger partial charge is 0.338 e. The fourth-order valence-electron chi connectivity index (χ4n) is 7.03. The van der Waals surface area contributed by atoms with Crippen LogP contribution in [0.5, 0.6) is 5.75 Å². The fraction of sp³-hybridized carbons (Fsp3) is 0.565. The Kier molecular flexibility index (Phi) is 20.8. The molecule has 2 saturated heterocycles. The van der Waals surface area contributed by atoms with E-state index in [1.165, 1.54) is 18.9 Å². The van der Waals surface area contributed by atoms with Gasteiger partial charge in [0.2, 0.25) is 0 Å². The molecule has 338 valence electrons. The Morgan fingerprint density at radius 1 is 0.742 bits per heavy atom. The number of rotatable bonds is 25. The van der Waals surface area contributed by atoms with Crippen LogP contribution in [0.25, 0.3) is 10.4 Å². The van der Waals surface area contributed by atoms with Crippen molar-refractivity contribution < 1.29 is 57.0 Å². The molecule has 62 heavy (non-hydrogen) atoms. The third kappa shape index (κ3) is 13.9. The van der Waals surface area contributed by atoms with E-state index in [2.05, 4.69) is 16.9 Å². The topological polar surface area (TPSA) is 175 Å². The summed E-state index contributed by atoms with van der Waals surface area (Å²) in [7, 11) is 2.86. The predicted octanol–water partition coefficient (Wildman–Crippen LogP) is 8.47. The molecule has 10 atom stereocenters. The Hall–Kier alpha value is -4.22. The Morgan fingerprint density at radius 2 is 1.39 bits per heavy atom. The molecule has 2 heterocycles. The quantitative estimate of drug-likeness (QED) is 0.0261. The summed E-state index contributed by atoms with van der Waals surface area (Å²) in [4.78, 5) is 31.8. The van der Waals surface area contributed by atoms with Crippen molar-refractivity contribution in [2.45, 2.75) is 131 Å². The van der Waals surface area contributed by atoms with Gasteiger partial charge in [0.05, 0.1) is 39.1 Å². The maximum Gasteiger partial charge on any atom is 0.338 e. The van der Waals surface area contributed by atoms with Crippen molar-refractivity contribution in [1.82, 2.24) is 0 Å². The first-order chi connectivity index (χ1) is 30.3. The summed E-state index contributed by atoms with van der Waals surface area (Å²) in [6, 6.07) is 24.4. The van der Waals surface area contributed by atoms with E-state index in [1.807, 2.05) is 68.4 Å². The third-order valence-corrected chi connectivity index (χ3v) is 11.6. The molecule has 0 spiro atoms. The molecule has 2 aliphatic heterocycles. The Morgan fingerprint density at radius 3 is 2.02 bits per heavy atom. The number of hydrogen-bond acceptors (Lipinski definition) is 14. The van der Waals surface area contributed by atoms with Crippen molar-refractivity contribution in [2.75, 3.05) is 40.6 Å². The molecule has 6 unspecified atom stereocenters. The van der Waals surface area contributed by atoms with E-state index in [0.29, 0.717) is 30.9 Å². The largest absolute Gasteiger partial charge is 0.497 e. The fourth-order valence-corrected chi connectivity index (χ4v) is 8.13. The Balaban J connectivity index is 1.56. The molecule has 0 aliphatic carbocycles. The molecule has 0 aromatic heterocycles. The van der Waals surface area contributed by atoms with Gasteiger partial charge >= 0.3 is 11.9 Å². The molecule has 15 nitrogen and oxygen atoms in total. The van der Waals surface area contributed by atoms with Crippen LogP contribution >= 0.6 is 11.8 Å². The van der Waals surface area contributed by atoms with E-state index in [1.54, 1.807) is 37.4 Å². The molecule has 0 radical (unpaired) electrons. The lowest BCUT2D eigenvalue weighted by Crippen LogP contribution is -2.66. The highest BCUT2D eigenvalue weighted by molar-refractivity contribution is 7.99. The van der Waals surface area contributed by atoms with Crippen molar-refractivity contribution in [2.24, 2.45) is 5.11 Å². The number of thioether (sulfide) groups is 1. The number of hydrogen-bond donors (Lipinski definition) is 0. The van der Waals surface area contributed by atoms with E-state index >= 15 is 0 Å². The zero-order chi connectivity index (χ0) is 44.1. The summed E-state index contributed by atoms with van der Waals surface area (Å²) in [5.74, 6) is -0.668. The van der Waals surface area contributed by atoms with Gasteiger partial charge in [-0.25, -0.2) is 9.59 Å². The number of methoxy groups -OCH3 is 2. The van der Waals surface area contributed by atoms with Crippen LogP contribution in [-0.2, 0) is 54.0 Å². The van der Waals surface area contributed by atoms with E-state index < -0.39 is 72.4 Å². The molecular weight excluding hydrogens is 819 g/mol. The lowest BCUT2D eigenvalue weighted by Gasteiger charge is -2.49. The average Bonchev–Trinajstić information content (AvgIpc) is 3.30. The molecule has 0 amide bonds. The predicted molar refractivity (Wildman–Crippen MR) is 232 cm³/mol. The normalized spacial score (nSPS) is 26.0. The van der Waals surface area contributed by atoms with Crippen LogP contribution in [0.1, 0.15) is 75.2 Å². The number of unbranched alkanes of at least 4 members (excludes halogenated alkanes) is 3. The van der Waals surface area contributed by atoms with Gasteiger partial charge in [-0.3, -0.25) is 0 Å². The Bertz CT molecular complexity index is 1810. The summed E-state index contributed by atoms with van der Waals surface area (Å²) in [5.41, 5.74) is 10.3. The standard InChI is InChI=1S/C46H61N3O12S/c1-6-9-26-54-30-35-37(57-29-31-22-24-33(52-4)25-23-31)38(55-27-10-7-2)36(48-49-47)45(58-35)60-40-39(56-28-11-8-3)42(59-43(50)32-18-14-12-15-19-32)46(61-41(40)44(51)53-5)62-34-20-16-13-17-21-34/h12-25,35-42,45-46H,6-11,26-30H2,1-5H3/t35?,36?,37-,38?,39?,40+,41?,42?,45-,46-/m1/s1. The van der Waals surface area contributed by atoms with Crippen LogP contribution in [0.3, 0.4) is 0 Å². The van der Waals surface area contributed by atoms with E-state index in [-0.39, 0.29) is 19.8 Å². The number of benzene rings is 3. The van der Waals surface area contributed by atoms with Gasteiger partial charge in [-0.1, -0.05) is 105 Å². The lowest BCUT2D eigenvalue weighted by molar-refractivity contribution is -0.323. The minimum absolute atomic E-state index is 0.0922. The average molecular weight is 880 g/mol. The maximum atomic E-state index is 13.9. The van der Waals surface area contributed by atoms with Gasteiger partial charge in [0.15, 0.2) is 18.5 Å². The van der Waals surface area contributed by atoms with Gasteiger partial charge in [0, 0.05) is 29.6 Å². The summed E-state index contributed by atoms with van der Waals surface area (Å²) < 4.78 is 63.1. The highest BCUT2D eigenvalue weighted by Gasteiger charge is 2.56. The van der Waals surface area contributed by atoms with E-state index in [0.717, 1.165) is 42.6 Å². The first-order valence-electron chi connectivity index (χ1n) is 21.5. The number of azide groups is 1. The monoisotopic (exact) mass is 879 g/mol. The highest BCUT2D eigenvalue weighted by Crippen LogP contribution is 2.40. The molecule has 0 N–H and O–H groups in total.